The van der Waals surface area contributed by atoms with E-state index in [4.69, 9.17) is 5.26 Å². The van der Waals surface area contributed by atoms with Gasteiger partial charge in [-0.15, -0.1) is 0 Å². The van der Waals surface area contributed by atoms with E-state index in [0.717, 1.165) is 23.4 Å². The molecule has 0 aliphatic carbocycles. The molecule has 0 unspecified atom stereocenters. The summed E-state index contributed by atoms with van der Waals surface area (Å²) in [7, 11) is 0. The van der Waals surface area contributed by atoms with Gasteiger partial charge in [-0.25, -0.2) is 0 Å². The summed E-state index contributed by atoms with van der Waals surface area (Å²) in [4.78, 5) is 0. The lowest BCUT2D eigenvalue weighted by Crippen LogP contribution is -1.94. The highest BCUT2D eigenvalue weighted by Crippen LogP contribution is 2.21. The molecular weight excluding hydrogens is 220 g/mol. The van der Waals surface area contributed by atoms with Gasteiger partial charge in [0.05, 0.1) is 11.3 Å². The smallest absolute Gasteiger partial charge is 0.101 e. The molecule has 1 N–H and O–H groups in total. The molecule has 0 atom stereocenters. The van der Waals surface area contributed by atoms with Crippen LogP contribution in [0.3, 0.4) is 0 Å². The van der Waals surface area contributed by atoms with E-state index in [-0.39, 0.29) is 0 Å². The van der Waals surface area contributed by atoms with Crippen molar-refractivity contribution in [2.45, 2.75) is 20.3 Å². The molecule has 0 saturated heterocycles. The molecule has 0 radical (unpaired) electrons. The highest BCUT2D eigenvalue weighted by molar-refractivity contribution is 5.67. The second-order valence-electron chi connectivity index (χ2n) is 4.34. The molecule has 18 heavy (non-hydrogen) atoms. The second-order valence-corrected chi connectivity index (χ2v) is 4.34. The lowest BCUT2D eigenvalue weighted by Gasteiger charge is -2.09. The molecule has 0 amide bonds. The molecule has 0 fully saturated rings. The Balaban J connectivity index is 2.25. The van der Waals surface area contributed by atoms with Gasteiger partial charge in [0.15, 0.2) is 0 Å². The number of rotatable bonds is 3. The Hall–Kier alpha value is -2.27. The summed E-state index contributed by atoms with van der Waals surface area (Å²) in [5.74, 6) is 0. The van der Waals surface area contributed by atoms with E-state index in [1.165, 1.54) is 5.56 Å². The van der Waals surface area contributed by atoms with Gasteiger partial charge in [0, 0.05) is 5.69 Å². The van der Waals surface area contributed by atoms with Crippen LogP contribution in [0.4, 0.5) is 11.4 Å². The Labute approximate surface area is 108 Å². The topological polar surface area (TPSA) is 35.8 Å². The fourth-order valence-electron chi connectivity index (χ4n) is 1.84. The van der Waals surface area contributed by atoms with Gasteiger partial charge in [-0.05, 0) is 48.7 Å². The number of nitrogens with one attached hydrogen (secondary N) is 1. The standard InChI is InChI=1S/C16H16N2/c1-3-13-5-7-15(8-6-13)18-16-9-4-12(2)10-14(16)11-17/h4-10,18H,3H2,1-2H3. The van der Waals surface area contributed by atoms with Crippen molar-refractivity contribution in [1.82, 2.24) is 0 Å². The molecule has 0 bridgehead atoms. The molecular formula is C16H16N2. The van der Waals surface area contributed by atoms with Gasteiger partial charge in [-0.2, -0.15) is 5.26 Å². The van der Waals surface area contributed by atoms with E-state index in [1.54, 1.807) is 0 Å². The van der Waals surface area contributed by atoms with Crippen molar-refractivity contribution in [3.8, 4) is 6.07 Å². The van der Waals surface area contributed by atoms with E-state index >= 15 is 0 Å². The van der Waals surface area contributed by atoms with E-state index < -0.39 is 0 Å². The van der Waals surface area contributed by atoms with Crippen molar-refractivity contribution < 1.29 is 0 Å². The zero-order valence-electron chi connectivity index (χ0n) is 10.7. The number of hydrogen-bond donors (Lipinski definition) is 1. The summed E-state index contributed by atoms with van der Waals surface area (Å²) >= 11 is 0. The van der Waals surface area contributed by atoms with Crippen LogP contribution in [0.25, 0.3) is 0 Å². The van der Waals surface area contributed by atoms with Crippen molar-refractivity contribution in [3.05, 3.63) is 59.2 Å². The first-order valence-electron chi connectivity index (χ1n) is 6.09. The minimum absolute atomic E-state index is 0.676. The third kappa shape index (κ3) is 2.70. The van der Waals surface area contributed by atoms with Crippen LogP contribution in [0.15, 0.2) is 42.5 Å². The van der Waals surface area contributed by atoms with Crippen molar-refractivity contribution in [2.24, 2.45) is 0 Å². The van der Waals surface area contributed by atoms with Crippen molar-refractivity contribution in [2.75, 3.05) is 5.32 Å². The number of nitriles is 1. The van der Waals surface area contributed by atoms with Crippen LogP contribution in [0, 0.1) is 18.3 Å². The minimum Gasteiger partial charge on any atom is -0.354 e. The van der Waals surface area contributed by atoms with Crippen LogP contribution >= 0.6 is 0 Å². The van der Waals surface area contributed by atoms with Crippen molar-refractivity contribution in [1.29, 1.82) is 5.26 Å². The average Bonchev–Trinajstić information content (AvgIpc) is 2.41. The quantitative estimate of drug-likeness (QED) is 0.868. The minimum atomic E-state index is 0.676. The summed E-state index contributed by atoms with van der Waals surface area (Å²) in [6.07, 6.45) is 1.04. The van der Waals surface area contributed by atoms with Crippen LogP contribution in [0.1, 0.15) is 23.6 Å². The summed E-state index contributed by atoms with van der Waals surface area (Å²) in [5, 5.41) is 12.4. The van der Waals surface area contributed by atoms with Crippen LogP contribution < -0.4 is 5.32 Å². The number of hydrogen-bond acceptors (Lipinski definition) is 2. The maximum Gasteiger partial charge on any atom is 0.101 e. The van der Waals surface area contributed by atoms with Gasteiger partial charge in [0.1, 0.15) is 6.07 Å². The molecule has 2 rings (SSSR count). The number of benzene rings is 2. The molecule has 90 valence electrons. The SMILES string of the molecule is CCc1ccc(Nc2ccc(C)cc2C#N)cc1. The van der Waals surface area contributed by atoms with Gasteiger partial charge in [0.25, 0.3) is 0 Å². The Morgan fingerprint density at radius 2 is 1.83 bits per heavy atom. The first-order valence-corrected chi connectivity index (χ1v) is 6.09. The summed E-state index contributed by atoms with van der Waals surface area (Å²) in [5.41, 5.74) is 4.94. The highest BCUT2D eigenvalue weighted by atomic mass is 14.9. The van der Waals surface area contributed by atoms with E-state index in [0.29, 0.717) is 5.56 Å². The van der Waals surface area contributed by atoms with Gasteiger partial charge in [-0.1, -0.05) is 25.1 Å². The van der Waals surface area contributed by atoms with E-state index in [1.807, 2.05) is 37.3 Å². The summed E-state index contributed by atoms with van der Waals surface area (Å²) in [6.45, 7) is 4.12. The molecule has 0 aliphatic rings. The lowest BCUT2D eigenvalue weighted by molar-refractivity contribution is 1.14. The Morgan fingerprint density at radius 1 is 1.11 bits per heavy atom. The molecule has 0 aliphatic heterocycles. The maximum absolute atomic E-state index is 9.11. The Kier molecular flexibility index (Phi) is 3.64. The van der Waals surface area contributed by atoms with Crippen LogP contribution in [-0.2, 0) is 6.42 Å². The van der Waals surface area contributed by atoms with E-state index in [2.05, 4.69) is 30.4 Å². The monoisotopic (exact) mass is 236 g/mol. The van der Waals surface area contributed by atoms with Gasteiger partial charge >= 0.3 is 0 Å². The molecule has 2 aromatic carbocycles. The Morgan fingerprint density at radius 3 is 2.44 bits per heavy atom. The van der Waals surface area contributed by atoms with Crippen LogP contribution in [-0.4, -0.2) is 0 Å². The molecule has 0 spiro atoms. The van der Waals surface area contributed by atoms with Gasteiger partial charge in [0.2, 0.25) is 0 Å². The maximum atomic E-state index is 9.11. The molecule has 0 saturated carbocycles. The summed E-state index contributed by atoms with van der Waals surface area (Å²) < 4.78 is 0. The molecule has 0 heterocycles. The average molecular weight is 236 g/mol. The van der Waals surface area contributed by atoms with Crippen LogP contribution in [0.5, 0.6) is 0 Å². The number of aryl methyl sites for hydroxylation is 2. The third-order valence-corrected chi connectivity index (χ3v) is 2.94. The van der Waals surface area contributed by atoms with E-state index in [9.17, 15) is 0 Å². The second kappa shape index (κ2) is 5.37. The number of anilines is 2. The zero-order valence-corrected chi connectivity index (χ0v) is 10.7. The molecule has 2 heteroatoms. The van der Waals surface area contributed by atoms with Crippen molar-refractivity contribution in [3.63, 3.8) is 0 Å². The third-order valence-electron chi connectivity index (χ3n) is 2.94. The molecule has 2 aromatic rings. The number of nitrogens with zero attached hydrogens (tertiary/aromatic N) is 1. The fourth-order valence-corrected chi connectivity index (χ4v) is 1.84. The van der Waals surface area contributed by atoms with Gasteiger partial charge < -0.3 is 5.32 Å². The lowest BCUT2D eigenvalue weighted by atomic mass is 10.1. The zero-order chi connectivity index (χ0) is 13.0. The predicted molar refractivity (Wildman–Crippen MR) is 75.0 cm³/mol. The fraction of sp³-hybridized carbons (Fsp3) is 0.188. The summed E-state index contributed by atoms with van der Waals surface area (Å²) in [6, 6.07) is 16.3. The molecule has 0 aromatic heterocycles. The van der Waals surface area contributed by atoms with Gasteiger partial charge in [-0.3, -0.25) is 0 Å². The first kappa shape index (κ1) is 12.2. The van der Waals surface area contributed by atoms with Crippen LogP contribution in [0.2, 0.25) is 0 Å². The first-order chi connectivity index (χ1) is 8.72. The molecule has 2 nitrogen and oxygen atoms in total. The highest BCUT2D eigenvalue weighted by Gasteiger charge is 2.02. The predicted octanol–water partition coefficient (Wildman–Crippen LogP) is 4.17. The normalized spacial score (nSPS) is 9.83. The largest absolute Gasteiger partial charge is 0.354 e. The Bertz CT molecular complexity index is 577. The van der Waals surface area contributed by atoms with Crippen molar-refractivity contribution >= 4 is 11.4 Å².